The van der Waals surface area contributed by atoms with Gasteiger partial charge < -0.3 is 47.4 Å². The van der Waals surface area contributed by atoms with Gasteiger partial charge in [0.1, 0.15) is 22.2 Å². The number of carbonyl (C=O) groups is 5. The third-order valence-electron chi connectivity index (χ3n) is 12.5. The standard InChI is InChI=1S/C31H30FNO7S2.C26H27FO5.C5H5NO3S2/c1-36-18-31(19-37-2,24-6-4-3-5-7-24)40-27-16-23(17-28-29(35)33(20-38-21-34)30(41)42-28)10-13-26(27)39-15-14-22-8-11-25(32)12-9-22;1-29-18-26(19-30-2,22-6-4-3-5-7-22)32-25-16-21(17-28)10-13-24(25)31-15-14-20-8-11-23(27)12-9-20;7-3-9-2-6-4(8)1-11-5(6)10/h3-13,16-17,21H,14-15,18-20H2,1-2H3;3-13,16-17H,14-15,18-19H2,1-2H3;3H,1-2H2/b28-17+;;. The van der Waals surface area contributed by atoms with E-state index in [1.807, 2.05) is 60.7 Å². The van der Waals surface area contributed by atoms with Gasteiger partial charge in [-0.05, 0) is 77.4 Å². The third-order valence-corrected chi connectivity index (χ3v) is 15.3. The van der Waals surface area contributed by atoms with E-state index in [0.717, 1.165) is 40.3 Å². The van der Waals surface area contributed by atoms with Gasteiger partial charge in [-0.1, -0.05) is 139 Å². The van der Waals surface area contributed by atoms with Gasteiger partial charge >= 0.3 is 0 Å². The lowest BCUT2D eigenvalue weighted by Gasteiger charge is -2.34. The van der Waals surface area contributed by atoms with Gasteiger partial charge in [0, 0.05) is 58.0 Å². The summed E-state index contributed by atoms with van der Waals surface area (Å²) in [7, 11) is 6.37. The van der Waals surface area contributed by atoms with E-state index >= 15 is 0 Å². The lowest BCUT2D eigenvalue weighted by molar-refractivity contribution is -0.137. The van der Waals surface area contributed by atoms with Crippen molar-refractivity contribution in [1.82, 2.24) is 9.80 Å². The van der Waals surface area contributed by atoms with E-state index in [0.29, 0.717) is 81.6 Å². The molecule has 0 saturated carbocycles. The number of benzene rings is 6. The summed E-state index contributed by atoms with van der Waals surface area (Å²) in [5.74, 6) is 1.07. The van der Waals surface area contributed by atoms with Crippen molar-refractivity contribution >= 4 is 93.7 Å². The van der Waals surface area contributed by atoms with Crippen LogP contribution in [0.15, 0.2) is 150 Å². The minimum absolute atomic E-state index is 0.0613. The summed E-state index contributed by atoms with van der Waals surface area (Å²) >= 11 is 12.5. The van der Waals surface area contributed by atoms with Crippen LogP contribution in [0.4, 0.5) is 8.78 Å². The highest BCUT2D eigenvalue weighted by Gasteiger charge is 2.38. The Labute approximate surface area is 510 Å². The highest BCUT2D eigenvalue weighted by atomic mass is 32.2. The normalized spacial score (nSPS) is 13.6. The van der Waals surface area contributed by atoms with E-state index in [1.54, 1.807) is 95.2 Å². The molecule has 23 heteroatoms. The smallest absolute Gasteiger partial charge is 0.294 e. The van der Waals surface area contributed by atoms with E-state index in [9.17, 15) is 32.8 Å². The van der Waals surface area contributed by atoms with E-state index in [1.165, 1.54) is 45.8 Å². The summed E-state index contributed by atoms with van der Waals surface area (Å²) in [5, 5.41) is 0. The summed E-state index contributed by atoms with van der Waals surface area (Å²) in [6.07, 6.45) is 3.58. The van der Waals surface area contributed by atoms with Gasteiger partial charge in [0.25, 0.3) is 18.9 Å². The zero-order valence-electron chi connectivity index (χ0n) is 46.9. The van der Waals surface area contributed by atoms with Crippen LogP contribution in [-0.4, -0.2) is 137 Å². The number of rotatable bonds is 30. The molecular weight excluding hydrogens is 1180 g/mol. The Bertz CT molecular complexity index is 3170. The first kappa shape index (κ1) is 66.5. The number of carbonyl (C=O) groups excluding carboxylic acids is 5. The van der Waals surface area contributed by atoms with Crippen molar-refractivity contribution in [3.63, 3.8) is 0 Å². The van der Waals surface area contributed by atoms with Crippen LogP contribution in [-0.2, 0) is 71.6 Å². The molecular formula is C62H62F2N2O15S4. The first-order chi connectivity index (χ1) is 41.2. The van der Waals surface area contributed by atoms with Crippen LogP contribution >= 0.6 is 48.0 Å². The molecule has 0 bridgehead atoms. The van der Waals surface area contributed by atoms with Crippen molar-refractivity contribution in [1.29, 1.82) is 0 Å². The second-order valence-electron chi connectivity index (χ2n) is 18.4. The predicted molar refractivity (Wildman–Crippen MR) is 325 cm³/mol. The number of methoxy groups -OCH3 is 4. The molecule has 2 amide bonds. The number of thioether (sulfide) groups is 2. The number of thiocarbonyl (C=S) groups is 2. The molecule has 0 atom stereocenters. The van der Waals surface area contributed by atoms with Gasteiger partial charge in [-0.2, -0.15) is 0 Å². The van der Waals surface area contributed by atoms with Crippen molar-refractivity contribution in [2.24, 2.45) is 0 Å². The van der Waals surface area contributed by atoms with Crippen LogP contribution in [0.25, 0.3) is 6.08 Å². The molecule has 0 aromatic heterocycles. The maximum Gasteiger partial charge on any atom is 0.294 e. The summed E-state index contributed by atoms with van der Waals surface area (Å²) in [5.41, 5.74) is 2.75. The molecule has 2 heterocycles. The van der Waals surface area contributed by atoms with Crippen LogP contribution in [0.5, 0.6) is 23.0 Å². The number of ether oxygens (including phenoxy) is 10. The Hall–Kier alpha value is -7.61. The molecule has 2 aliphatic heterocycles. The van der Waals surface area contributed by atoms with Crippen LogP contribution < -0.4 is 18.9 Å². The van der Waals surface area contributed by atoms with E-state index < -0.39 is 11.2 Å². The van der Waals surface area contributed by atoms with E-state index in [4.69, 9.17) is 67.1 Å². The van der Waals surface area contributed by atoms with Gasteiger partial charge in [0.2, 0.25) is 5.91 Å². The fourth-order valence-electron chi connectivity index (χ4n) is 8.44. The highest BCUT2D eigenvalue weighted by Crippen LogP contribution is 2.40. The fraction of sp³-hybridized carbons (Fsp3) is 0.274. The van der Waals surface area contributed by atoms with E-state index in [2.05, 4.69) is 4.74 Å². The molecule has 0 radical (unpaired) electrons. The number of aldehydes is 1. The molecule has 2 aliphatic rings. The van der Waals surface area contributed by atoms with Gasteiger partial charge in [-0.25, -0.2) is 8.78 Å². The molecule has 0 spiro atoms. The average Bonchev–Trinajstić information content (AvgIpc) is 2.72. The third kappa shape index (κ3) is 19.5. The van der Waals surface area contributed by atoms with Crippen molar-refractivity contribution in [2.75, 3.05) is 87.3 Å². The quantitative estimate of drug-likeness (QED) is 0.0235. The number of hydrogen-bond acceptors (Lipinski definition) is 19. The predicted octanol–water partition coefficient (Wildman–Crippen LogP) is 10.1. The van der Waals surface area contributed by atoms with Crippen molar-refractivity contribution in [2.45, 2.75) is 24.0 Å². The Morgan fingerprint density at radius 1 is 0.541 bits per heavy atom. The fourth-order valence-corrected chi connectivity index (χ4v) is 10.7. The minimum atomic E-state index is -1.02. The Kier molecular flexibility index (Phi) is 26.9. The maximum atomic E-state index is 13.3. The Morgan fingerprint density at radius 3 is 1.39 bits per heavy atom. The SMILES string of the molecule is COCC(COC)(Oc1cc(/C=C2/SC(=S)N(COC=O)C2=O)ccc1OCCc1ccc(F)cc1)c1ccccc1.COCC(COC)(Oc1cc(C=O)ccc1OCCc1ccc(F)cc1)c1ccccc1.O=COCN1C(=O)CSC1=S. The average molecular weight is 1240 g/mol. The molecule has 8 rings (SSSR count). The van der Waals surface area contributed by atoms with Crippen LogP contribution in [0.2, 0.25) is 0 Å². The monoisotopic (exact) mass is 1240 g/mol. The molecule has 448 valence electrons. The Morgan fingerprint density at radius 2 is 0.976 bits per heavy atom. The topological polar surface area (TPSA) is 184 Å². The van der Waals surface area contributed by atoms with Crippen LogP contribution in [0.3, 0.4) is 0 Å². The molecule has 6 aromatic carbocycles. The van der Waals surface area contributed by atoms with Gasteiger partial charge in [0.15, 0.2) is 52.0 Å². The summed E-state index contributed by atoms with van der Waals surface area (Å²) < 4.78 is 83.8. The molecule has 6 aromatic rings. The van der Waals surface area contributed by atoms with Crippen molar-refractivity contribution in [3.8, 4) is 23.0 Å². The van der Waals surface area contributed by atoms with Gasteiger partial charge in [-0.3, -0.25) is 33.8 Å². The van der Waals surface area contributed by atoms with Crippen molar-refractivity contribution in [3.05, 3.63) is 196 Å². The van der Waals surface area contributed by atoms with E-state index in [-0.39, 0.29) is 74.1 Å². The second-order valence-corrected chi connectivity index (χ2v) is 21.7. The van der Waals surface area contributed by atoms with Crippen LogP contribution in [0.1, 0.15) is 38.2 Å². The van der Waals surface area contributed by atoms with Crippen LogP contribution in [0, 0.1) is 11.6 Å². The zero-order valence-corrected chi connectivity index (χ0v) is 50.1. The molecule has 0 aliphatic carbocycles. The van der Waals surface area contributed by atoms with Crippen molar-refractivity contribution < 1.29 is 80.1 Å². The summed E-state index contributed by atoms with van der Waals surface area (Å²) in [6, 6.07) is 42.1. The lowest BCUT2D eigenvalue weighted by atomic mass is 9.95. The zero-order chi connectivity index (χ0) is 61.0. The maximum absolute atomic E-state index is 13.3. The largest absolute Gasteiger partial charge is 0.489 e. The number of amides is 2. The molecule has 0 unspecified atom stereocenters. The highest BCUT2D eigenvalue weighted by molar-refractivity contribution is 8.26. The Balaban J connectivity index is 0.000000236. The molecule has 0 N–H and O–H groups in total. The molecule has 2 fully saturated rings. The first-order valence-corrected chi connectivity index (χ1v) is 28.6. The number of halogens is 2. The first-order valence-electron chi connectivity index (χ1n) is 26.0. The second kappa shape index (κ2) is 34.4. The molecule has 2 saturated heterocycles. The number of nitrogens with zero attached hydrogens (tertiary/aromatic N) is 2. The van der Waals surface area contributed by atoms with Gasteiger partial charge in [-0.15, -0.1) is 0 Å². The molecule has 85 heavy (non-hydrogen) atoms. The van der Waals surface area contributed by atoms with Gasteiger partial charge in [0.05, 0.1) is 50.3 Å². The summed E-state index contributed by atoms with van der Waals surface area (Å²) in [6.45, 7) is 1.72. The lowest BCUT2D eigenvalue weighted by Crippen LogP contribution is -2.42. The minimum Gasteiger partial charge on any atom is -0.489 e. The number of hydrogen-bond donors (Lipinski definition) is 0. The molecule has 17 nitrogen and oxygen atoms in total. The summed E-state index contributed by atoms with van der Waals surface area (Å²) in [4.78, 5) is 58.4.